The number of rotatable bonds is 13. The Hall–Kier alpha value is -3.96. The largest absolute Gasteiger partial charge is 0.492 e. The molecule has 1 atom stereocenters. The Morgan fingerprint density at radius 1 is 0.957 bits per heavy atom. The summed E-state index contributed by atoms with van der Waals surface area (Å²) >= 11 is 5.37. The lowest BCUT2D eigenvalue weighted by Gasteiger charge is -2.29. The number of amides is 1. The molecule has 47 heavy (non-hydrogen) atoms. The van der Waals surface area contributed by atoms with Gasteiger partial charge >= 0.3 is 0 Å². The Balaban J connectivity index is 1.57. The van der Waals surface area contributed by atoms with Crippen LogP contribution in [0, 0.1) is 20.8 Å². The van der Waals surface area contributed by atoms with Gasteiger partial charge in [0.2, 0.25) is 11.1 Å². The van der Waals surface area contributed by atoms with E-state index in [1.165, 1.54) is 16.7 Å². The summed E-state index contributed by atoms with van der Waals surface area (Å²) < 4.78 is 20.9. The van der Waals surface area contributed by atoms with Gasteiger partial charge in [0.15, 0.2) is 11.5 Å². The maximum Gasteiger partial charge on any atom is 0.255 e. The van der Waals surface area contributed by atoms with Crippen molar-refractivity contribution in [2.75, 3.05) is 29.6 Å². The van der Waals surface area contributed by atoms with Gasteiger partial charge in [-0.25, -0.2) is 4.68 Å². The summed E-state index contributed by atoms with van der Waals surface area (Å²) in [6.07, 6.45) is 0.989. The van der Waals surface area contributed by atoms with Crippen molar-refractivity contribution in [2.45, 2.75) is 72.7 Å². The Morgan fingerprint density at radius 2 is 1.68 bits per heavy atom. The molecule has 2 N–H and O–H groups in total. The number of anilines is 2. The van der Waals surface area contributed by atoms with Crippen molar-refractivity contribution >= 4 is 45.2 Å². The maximum atomic E-state index is 14.2. The van der Waals surface area contributed by atoms with Gasteiger partial charge in [0.05, 0.1) is 28.9 Å². The van der Waals surface area contributed by atoms with Crippen LogP contribution in [0.4, 0.5) is 11.6 Å². The number of halogens is 1. The second-order valence-electron chi connectivity index (χ2n) is 11.4. The van der Waals surface area contributed by atoms with Gasteiger partial charge in [0.25, 0.3) is 5.91 Å². The predicted octanol–water partition coefficient (Wildman–Crippen LogP) is 8.77. The highest BCUT2D eigenvalue weighted by Gasteiger charge is 2.36. The molecule has 0 radical (unpaired) electrons. The maximum absolute atomic E-state index is 14.2. The summed E-state index contributed by atoms with van der Waals surface area (Å²) in [6.45, 7) is 15.5. The van der Waals surface area contributed by atoms with Crippen molar-refractivity contribution in [1.29, 1.82) is 0 Å². The third kappa shape index (κ3) is 7.62. The van der Waals surface area contributed by atoms with E-state index in [0.29, 0.717) is 69.6 Å². The summed E-state index contributed by atoms with van der Waals surface area (Å²) in [7, 11) is 0. The van der Waals surface area contributed by atoms with E-state index < -0.39 is 6.04 Å². The van der Waals surface area contributed by atoms with E-state index in [1.54, 1.807) is 16.4 Å². The van der Waals surface area contributed by atoms with Crippen LogP contribution in [-0.4, -0.2) is 39.6 Å². The lowest BCUT2D eigenvalue weighted by Crippen LogP contribution is -2.31. The van der Waals surface area contributed by atoms with Crippen LogP contribution < -0.4 is 24.8 Å². The first-order chi connectivity index (χ1) is 22.6. The van der Waals surface area contributed by atoms with Crippen molar-refractivity contribution < 1.29 is 19.0 Å². The number of thioether (sulfide) groups is 1. The summed E-state index contributed by atoms with van der Waals surface area (Å²) in [5.74, 6) is 2.93. The Morgan fingerprint density at radius 3 is 2.43 bits per heavy atom. The molecular formula is C36H42BrN5O4S. The molecule has 0 aliphatic carbocycles. The van der Waals surface area contributed by atoms with Gasteiger partial charge in [0, 0.05) is 11.4 Å². The summed E-state index contributed by atoms with van der Waals surface area (Å²) in [6, 6.07) is 15.1. The first-order valence-corrected chi connectivity index (χ1v) is 17.7. The van der Waals surface area contributed by atoms with Crippen molar-refractivity contribution in [3.05, 3.63) is 92.1 Å². The molecule has 0 spiro atoms. The van der Waals surface area contributed by atoms with Gasteiger partial charge in [-0.1, -0.05) is 43.0 Å². The Kier molecular flexibility index (Phi) is 11.2. The Labute approximate surface area is 289 Å². The lowest BCUT2D eigenvalue weighted by molar-refractivity contribution is -0.113. The Bertz CT molecular complexity index is 1800. The molecule has 4 aromatic rings. The lowest BCUT2D eigenvalue weighted by atomic mass is 9.94. The molecule has 0 saturated heterocycles. The van der Waals surface area contributed by atoms with Crippen LogP contribution in [0.2, 0.25) is 0 Å². The van der Waals surface area contributed by atoms with Crippen molar-refractivity contribution in [2.24, 2.45) is 0 Å². The number of allylic oxidation sites excluding steroid dienone is 1. The number of nitrogens with zero attached hydrogens (tertiary/aromatic N) is 3. The number of ether oxygens (including phenoxy) is 3. The average molecular weight is 721 g/mol. The van der Waals surface area contributed by atoms with Crippen LogP contribution in [0.3, 0.4) is 0 Å². The van der Waals surface area contributed by atoms with Gasteiger partial charge in [-0.2, -0.15) is 4.98 Å². The van der Waals surface area contributed by atoms with Gasteiger partial charge in [-0.05, 0) is 116 Å². The normalized spacial score (nSPS) is 14.0. The molecule has 1 aliphatic heterocycles. The van der Waals surface area contributed by atoms with E-state index in [4.69, 9.17) is 24.3 Å². The fourth-order valence-electron chi connectivity index (χ4n) is 5.50. The minimum absolute atomic E-state index is 0.282. The molecule has 0 fully saturated rings. The van der Waals surface area contributed by atoms with Gasteiger partial charge < -0.3 is 24.8 Å². The number of nitrogens with one attached hydrogen (secondary N) is 2. The minimum Gasteiger partial charge on any atom is -0.492 e. The number of hydrogen-bond acceptors (Lipinski definition) is 8. The third-order valence-corrected chi connectivity index (χ3v) is 9.55. The van der Waals surface area contributed by atoms with E-state index in [1.807, 2.05) is 57.2 Å². The highest BCUT2D eigenvalue weighted by atomic mass is 79.9. The number of benzene rings is 3. The predicted molar refractivity (Wildman–Crippen MR) is 192 cm³/mol. The van der Waals surface area contributed by atoms with E-state index in [0.717, 1.165) is 23.3 Å². The first-order valence-electron chi connectivity index (χ1n) is 15.9. The second kappa shape index (κ2) is 15.3. The molecule has 3 aromatic carbocycles. The zero-order valence-electron chi connectivity index (χ0n) is 28.0. The number of carbonyl (C=O) groups excluding carboxylic acids is 1. The average Bonchev–Trinajstić information content (AvgIpc) is 3.44. The van der Waals surface area contributed by atoms with E-state index in [9.17, 15) is 4.79 Å². The quantitative estimate of drug-likeness (QED) is 0.132. The van der Waals surface area contributed by atoms with Gasteiger partial charge in [0.1, 0.15) is 18.4 Å². The smallest absolute Gasteiger partial charge is 0.255 e. The molecule has 11 heteroatoms. The van der Waals surface area contributed by atoms with Crippen LogP contribution in [-0.2, 0) is 11.4 Å². The number of aryl methyl sites for hydroxylation is 3. The van der Waals surface area contributed by atoms with Crippen molar-refractivity contribution in [1.82, 2.24) is 14.8 Å². The molecule has 1 aromatic heterocycles. The fourth-order valence-corrected chi connectivity index (χ4v) is 6.76. The monoisotopic (exact) mass is 719 g/mol. The summed E-state index contributed by atoms with van der Waals surface area (Å²) in [5, 5.41) is 11.9. The zero-order valence-corrected chi connectivity index (χ0v) is 30.4. The molecule has 1 unspecified atom stereocenters. The zero-order chi connectivity index (χ0) is 33.7. The fraction of sp³-hybridized carbons (Fsp3) is 0.361. The van der Waals surface area contributed by atoms with Crippen LogP contribution in [0.5, 0.6) is 17.2 Å². The molecule has 9 nitrogen and oxygen atoms in total. The van der Waals surface area contributed by atoms with Crippen LogP contribution in [0.15, 0.2) is 69.4 Å². The SMILES string of the molecule is CCCSc1nc2n(n1)C(c1cc(Br)c(OCc3cc(C)c(C)cc3C)c(OCC)c1)C(C(=O)Nc1ccccc1OCC)=C(C)N2. The third-order valence-electron chi connectivity index (χ3n) is 7.92. The molecule has 2 heterocycles. The van der Waals surface area contributed by atoms with Gasteiger partial charge in [-0.15, -0.1) is 5.10 Å². The second-order valence-corrected chi connectivity index (χ2v) is 13.3. The van der Waals surface area contributed by atoms with Crippen LogP contribution in [0.1, 0.15) is 68.0 Å². The number of fused-ring (bicyclic) bond motifs is 1. The van der Waals surface area contributed by atoms with E-state index in [2.05, 4.69) is 66.4 Å². The first kappa shape index (κ1) is 34.4. The minimum atomic E-state index is -0.611. The topological polar surface area (TPSA) is 99.5 Å². The number of para-hydroxylation sites is 2. The van der Waals surface area contributed by atoms with Gasteiger partial charge in [-0.3, -0.25) is 4.79 Å². The number of carbonyl (C=O) groups is 1. The molecular weight excluding hydrogens is 678 g/mol. The van der Waals surface area contributed by atoms with E-state index in [-0.39, 0.29) is 5.91 Å². The molecule has 1 amide bonds. The molecule has 5 rings (SSSR count). The number of hydrogen-bond donors (Lipinski definition) is 2. The number of aromatic nitrogens is 3. The standard InChI is InChI=1S/C36H42BrN5O4S/c1-8-15-47-36-40-35-38-24(7)31(34(43)39-28-13-11-12-14-29(28)44-9-2)32(42(35)41-36)25-18-27(37)33(30(19-25)45-10-3)46-20-26-17-22(5)21(4)16-23(26)6/h11-14,16-19,32H,8-10,15,20H2,1-7H3,(H,39,43)(H,38,40,41). The molecule has 248 valence electrons. The highest BCUT2D eigenvalue weighted by molar-refractivity contribution is 9.10. The summed E-state index contributed by atoms with van der Waals surface area (Å²) in [4.78, 5) is 19.0. The van der Waals surface area contributed by atoms with E-state index >= 15 is 0 Å². The van der Waals surface area contributed by atoms with Crippen LogP contribution in [0.25, 0.3) is 0 Å². The summed E-state index contributed by atoms with van der Waals surface area (Å²) in [5.41, 5.74) is 7.30. The van der Waals surface area contributed by atoms with Crippen molar-refractivity contribution in [3.8, 4) is 17.2 Å². The highest BCUT2D eigenvalue weighted by Crippen LogP contribution is 2.44. The molecule has 0 bridgehead atoms. The van der Waals surface area contributed by atoms with Crippen molar-refractivity contribution in [3.63, 3.8) is 0 Å². The molecule has 1 aliphatic rings. The molecule has 0 saturated carbocycles. The van der Waals surface area contributed by atoms with Crippen LogP contribution >= 0.6 is 27.7 Å².